The van der Waals surface area contributed by atoms with Gasteiger partial charge < -0.3 is 0 Å². The summed E-state index contributed by atoms with van der Waals surface area (Å²) in [5, 5.41) is 10.7. The molecular weight excluding hydrogens is 328 g/mol. The van der Waals surface area contributed by atoms with Gasteiger partial charge in [0, 0.05) is 18.2 Å². The first kappa shape index (κ1) is 18.1. The molecule has 6 nitrogen and oxygen atoms in total. The second kappa shape index (κ2) is 6.70. The van der Waals surface area contributed by atoms with Crippen LogP contribution in [0.3, 0.4) is 0 Å². The first-order valence-electron chi connectivity index (χ1n) is 7.46. The fourth-order valence-corrected chi connectivity index (χ4v) is 3.78. The Morgan fingerprint density at radius 2 is 1.54 bits per heavy atom. The second-order valence-electron chi connectivity index (χ2n) is 5.89. The van der Waals surface area contributed by atoms with Crippen LogP contribution in [0.2, 0.25) is 0 Å². The molecule has 0 fully saturated rings. The van der Waals surface area contributed by atoms with Gasteiger partial charge in [-0.25, -0.2) is 13.1 Å². The Hall–Kier alpha value is -2.25. The van der Waals surface area contributed by atoms with E-state index in [0.717, 1.165) is 22.3 Å². The van der Waals surface area contributed by atoms with Gasteiger partial charge in [-0.1, -0.05) is 12.1 Å². The zero-order valence-electron chi connectivity index (χ0n) is 14.0. The van der Waals surface area contributed by atoms with Gasteiger partial charge in [0.2, 0.25) is 10.0 Å². The highest BCUT2D eigenvalue weighted by atomic mass is 32.2. The molecule has 2 rings (SSSR count). The second-order valence-corrected chi connectivity index (χ2v) is 7.60. The lowest BCUT2D eigenvalue weighted by atomic mass is 9.97. The molecule has 0 aliphatic rings. The summed E-state index contributed by atoms with van der Waals surface area (Å²) >= 11 is 0. The summed E-state index contributed by atoms with van der Waals surface area (Å²) in [5.74, 6) is 0. The summed E-state index contributed by atoms with van der Waals surface area (Å²) in [6, 6.07) is 8.43. The van der Waals surface area contributed by atoms with Gasteiger partial charge in [-0.05, 0) is 62.1 Å². The summed E-state index contributed by atoms with van der Waals surface area (Å²) in [4.78, 5) is 10.1. The molecule has 2 aromatic carbocycles. The number of rotatable bonds is 5. The van der Waals surface area contributed by atoms with Crippen LogP contribution in [0.5, 0.6) is 0 Å². The predicted octanol–water partition coefficient (Wildman–Crippen LogP) is 3.56. The van der Waals surface area contributed by atoms with E-state index in [1.54, 1.807) is 6.92 Å². The molecule has 24 heavy (non-hydrogen) atoms. The fourth-order valence-electron chi connectivity index (χ4n) is 2.56. The zero-order chi connectivity index (χ0) is 18.1. The number of nitro groups is 1. The Kier molecular flexibility index (Phi) is 5.05. The molecule has 2 aromatic rings. The van der Waals surface area contributed by atoms with Crippen molar-refractivity contribution in [2.24, 2.45) is 0 Å². The van der Waals surface area contributed by atoms with Crippen LogP contribution in [0.15, 0.2) is 41.3 Å². The average Bonchev–Trinajstić information content (AvgIpc) is 2.50. The van der Waals surface area contributed by atoms with Crippen molar-refractivity contribution < 1.29 is 13.3 Å². The molecule has 1 N–H and O–H groups in total. The van der Waals surface area contributed by atoms with E-state index in [9.17, 15) is 18.5 Å². The third-order valence-corrected chi connectivity index (χ3v) is 5.60. The number of aryl methyl sites for hydroxylation is 3. The van der Waals surface area contributed by atoms with E-state index in [0.29, 0.717) is 0 Å². The summed E-state index contributed by atoms with van der Waals surface area (Å²) in [5.41, 5.74) is 4.02. The number of sulfonamides is 1. The Morgan fingerprint density at radius 1 is 1.00 bits per heavy atom. The number of nitro benzene ring substituents is 1. The van der Waals surface area contributed by atoms with Gasteiger partial charge >= 0.3 is 0 Å². The van der Waals surface area contributed by atoms with Crippen LogP contribution in [-0.2, 0) is 10.0 Å². The number of hydrogen-bond donors (Lipinski definition) is 1. The van der Waals surface area contributed by atoms with Crippen LogP contribution in [0, 0.1) is 30.9 Å². The molecule has 0 aliphatic heterocycles. The highest BCUT2D eigenvalue weighted by Crippen LogP contribution is 2.24. The number of hydrogen-bond acceptors (Lipinski definition) is 4. The molecule has 0 aromatic heterocycles. The number of non-ortho nitro benzene ring substituents is 1. The summed E-state index contributed by atoms with van der Waals surface area (Å²) in [6.07, 6.45) is 0. The molecule has 0 saturated carbocycles. The van der Waals surface area contributed by atoms with Crippen LogP contribution < -0.4 is 4.72 Å². The van der Waals surface area contributed by atoms with Crippen LogP contribution >= 0.6 is 0 Å². The lowest BCUT2D eigenvalue weighted by Gasteiger charge is -2.18. The SMILES string of the molecule is Cc1cc(C)c(C(C)NS(=O)(=O)c2ccc([N+](=O)[O-])cc2)cc1C. The summed E-state index contributed by atoms with van der Waals surface area (Å²) in [6.45, 7) is 7.71. The van der Waals surface area contributed by atoms with Gasteiger partial charge in [-0.2, -0.15) is 0 Å². The van der Waals surface area contributed by atoms with E-state index in [4.69, 9.17) is 0 Å². The highest BCUT2D eigenvalue weighted by Gasteiger charge is 2.20. The molecule has 128 valence electrons. The van der Waals surface area contributed by atoms with Crippen molar-refractivity contribution in [3.05, 3.63) is 68.8 Å². The van der Waals surface area contributed by atoms with E-state index in [1.165, 1.54) is 24.3 Å². The fraction of sp³-hybridized carbons (Fsp3) is 0.294. The van der Waals surface area contributed by atoms with Gasteiger partial charge in [0.1, 0.15) is 0 Å². The quantitative estimate of drug-likeness (QED) is 0.661. The highest BCUT2D eigenvalue weighted by molar-refractivity contribution is 7.89. The maximum atomic E-state index is 12.5. The van der Waals surface area contributed by atoms with Crippen LogP contribution in [0.25, 0.3) is 0 Å². The van der Waals surface area contributed by atoms with Gasteiger partial charge in [0.25, 0.3) is 5.69 Å². The topological polar surface area (TPSA) is 89.3 Å². The van der Waals surface area contributed by atoms with Gasteiger partial charge in [0.15, 0.2) is 0 Å². The molecule has 0 spiro atoms. The van der Waals surface area contributed by atoms with Crippen LogP contribution in [0.4, 0.5) is 5.69 Å². The lowest BCUT2D eigenvalue weighted by Crippen LogP contribution is -2.27. The third kappa shape index (κ3) is 3.80. The smallest absolute Gasteiger partial charge is 0.258 e. The average molecular weight is 348 g/mol. The van der Waals surface area contributed by atoms with Crippen LogP contribution in [0.1, 0.15) is 35.2 Å². The third-order valence-electron chi connectivity index (χ3n) is 4.04. The monoisotopic (exact) mass is 348 g/mol. The predicted molar refractivity (Wildman–Crippen MR) is 92.5 cm³/mol. The molecule has 0 heterocycles. The minimum Gasteiger partial charge on any atom is -0.258 e. The molecule has 0 radical (unpaired) electrons. The van der Waals surface area contributed by atoms with E-state index in [2.05, 4.69) is 4.72 Å². The number of nitrogens with one attached hydrogen (secondary N) is 1. The van der Waals surface area contributed by atoms with Crippen LogP contribution in [-0.4, -0.2) is 13.3 Å². The van der Waals surface area contributed by atoms with E-state index < -0.39 is 21.0 Å². The molecule has 1 atom stereocenters. The molecular formula is C17H20N2O4S. The molecule has 7 heteroatoms. The minimum atomic E-state index is -3.76. The Balaban J connectivity index is 2.28. The van der Waals surface area contributed by atoms with Crippen molar-refractivity contribution in [2.45, 2.75) is 38.6 Å². The maximum Gasteiger partial charge on any atom is 0.269 e. The maximum absolute atomic E-state index is 12.5. The molecule has 0 bridgehead atoms. The minimum absolute atomic E-state index is 0.00133. The molecule has 0 aliphatic carbocycles. The first-order chi connectivity index (χ1) is 11.1. The van der Waals surface area contributed by atoms with Gasteiger partial charge in [0.05, 0.1) is 9.82 Å². The Labute approximate surface area is 141 Å². The van der Waals surface area contributed by atoms with Crippen molar-refractivity contribution >= 4 is 15.7 Å². The van der Waals surface area contributed by atoms with Crippen molar-refractivity contribution in [1.29, 1.82) is 0 Å². The zero-order valence-corrected chi connectivity index (χ0v) is 14.8. The molecule has 1 unspecified atom stereocenters. The Morgan fingerprint density at radius 3 is 2.08 bits per heavy atom. The Bertz CT molecular complexity index is 874. The summed E-state index contributed by atoms with van der Waals surface area (Å²) in [7, 11) is -3.76. The largest absolute Gasteiger partial charge is 0.269 e. The van der Waals surface area contributed by atoms with Crippen molar-refractivity contribution in [2.75, 3.05) is 0 Å². The molecule has 0 amide bonds. The summed E-state index contributed by atoms with van der Waals surface area (Å²) < 4.78 is 27.6. The van der Waals surface area contributed by atoms with E-state index >= 15 is 0 Å². The van der Waals surface area contributed by atoms with Crippen molar-refractivity contribution in [3.63, 3.8) is 0 Å². The normalized spacial score (nSPS) is 12.8. The first-order valence-corrected chi connectivity index (χ1v) is 8.94. The van der Waals surface area contributed by atoms with Gasteiger partial charge in [-0.15, -0.1) is 0 Å². The lowest BCUT2D eigenvalue weighted by molar-refractivity contribution is -0.384. The molecule has 0 saturated heterocycles. The van der Waals surface area contributed by atoms with Crippen molar-refractivity contribution in [1.82, 2.24) is 4.72 Å². The van der Waals surface area contributed by atoms with Gasteiger partial charge in [-0.3, -0.25) is 10.1 Å². The number of benzene rings is 2. The standard InChI is InChI=1S/C17H20N2O4S/c1-11-9-13(3)17(10-12(11)2)14(4)18-24(22,23)16-7-5-15(6-8-16)19(20)21/h5-10,14,18H,1-4H3. The number of nitrogens with zero attached hydrogens (tertiary/aromatic N) is 1. The van der Waals surface area contributed by atoms with E-state index in [1.807, 2.05) is 32.9 Å². The van der Waals surface area contributed by atoms with E-state index in [-0.39, 0.29) is 10.6 Å². The van der Waals surface area contributed by atoms with Crippen molar-refractivity contribution in [3.8, 4) is 0 Å².